The molecule has 1 atom stereocenters. The third kappa shape index (κ3) is 3.45. The lowest BCUT2D eigenvalue weighted by Crippen LogP contribution is -2.34. The molecule has 0 spiro atoms. The van der Waals surface area contributed by atoms with Crippen molar-refractivity contribution >= 4 is 5.91 Å². The normalized spacial score (nSPS) is 16.7. The van der Waals surface area contributed by atoms with E-state index in [-0.39, 0.29) is 24.4 Å². The lowest BCUT2D eigenvalue weighted by molar-refractivity contribution is -0.124. The molecule has 0 radical (unpaired) electrons. The molecule has 3 rings (SSSR count). The van der Waals surface area contributed by atoms with Crippen molar-refractivity contribution in [3.05, 3.63) is 65.5 Å². The standard InChI is InChI=1S/C18H18FNO2/c19-14-7-4-8-15(11-14)22-12-18(21)20-17-10-3-6-13-5-1-2-9-16(13)17/h1-2,4-5,7-9,11,17H,3,6,10,12H2,(H,20,21)/t17-/m1/s1. The second-order valence-corrected chi connectivity index (χ2v) is 5.46. The maximum atomic E-state index is 13.0. The smallest absolute Gasteiger partial charge is 0.258 e. The van der Waals surface area contributed by atoms with Crippen LogP contribution < -0.4 is 10.1 Å². The van der Waals surface area contributed by atoms with Gasteiger partial charge in [-0.25, -0.2) is 4.39 Å². The summed E-state index contributed by atoms with van der Waals surface area (Å²) in [5, 5.41) is 3.00. The van der Waals surface area contributed by atoms with Crippen LogP contribution in [0.3, 0.4) is 0 Å². The fraction of sp³-hybridized carbons (Fsp3) is 0.278. The second-order valence-electron chi connectivity index (χ2n) is 5.46. The number of nitrogens with one attached hydrogen (secondary N) is 1. The fourth-order valence-corrected chi connectivity index (χ4v) is 2.85. The maximum Gasteiger partial charge on any atom is 0.258 e. The molecule has 114 valence electrons. The summed E-state index contributed by atoms with van der Waals surface area (Å²) in [7, 11) is 0. The predicted molar refractivity (Wildman–Crippen MR) is 82.2 cm³/mol. The van der Waals surface area contributed by atoms with E-state index in [0.29, 0.717) is 5.75 Å². The third-order valence-corrected chi connectivity index (χ3v) is 3.87. The molecule has 1 amide bonds. The highest BCUT2D eigenvalue weighted by Crippen LogP contribution is 2.29. The van der Waals surface area contributed by atoms with Crippen LogP contribution in [-0.4, -0.2) is 12.5 Å². The van der Waals surface area contributed by atoms with Crippen LogP contribution in [0.4, 0.5) is 4.39 Å². The molecule has 0 bridgehead atoms. The zero-order chi connectivity index (χ0) is 15.4. The van der Waals surface area contributed by atoms with Crippen LogP contribution in [0.15, 0.2) is 48.5 Å². The summed E-state index contributed by atoms with van der Waals surface area (Å²) in [5.41, 5.74) is 2.48. The Kier molecular flexibility index (Phi) is 4.37. The number of rotatable bonds is 4. The van der Waals surface area contributed by atoms with E-state index in [9.17, 15) is 9.18 Å². The van der Waals surface area contributed by atoms with Crippen molar-refractivity contribution in [1.82, 2.24) is 5.32 Å². The van der Waals surface area contributed by atoms with Gasteiger partial charge in [0.1, 0.15) is 11.6 Å². The first-order valence-electron chi connectivity index (χ1n) is 7.48. The summed E-state index contributed by atoms with van der Waals surface area (Å²) >= 11 is 0. The van der Waals surface area contributed by atoms with Gasteiger partial charge in [-0.1, -0.05) is 30.3 Å². The molecule has 0 aromatic heterocycles. The minimum Gasteiger partial charge on any atom is -0.484 e. The fourth-order valence-electron chi connectivity index (χ4n) is 2.85. The first-order chi connectivity index (χ1) is 10.7. The quantitative estimate of drug-likeness (QED) is 0.939. The van der Waals surface area contributed by atoms with Crippen molar-refractivity contribution in [3.8, 4) is 5.75 Å². The molecule has 22 heavy (non-hydrogen) atoms. The Bertz CT molecular complexity index is 672. The number of ether oxygens (including phenoxy) is 1. The molecule has 0 unspecified atom stereocenters. The van der Waals surface area contributed by atoms with Gasteiger partial charge in [0.15, 0.2) is 6.61 Å². The lowest BCUT2D eigenvalue weighted by atomic mass is 9.88. The number of amides is 1. The van der Waals surface area contributed by atoms with Crippen molar-refractivity contribution in [3.63, 3.8) is 0 Å². The summed E-state index contributed by atoms with van der Waals surface area (Å²) in [5.74, 6) is -0.204. The van der Waals surface area contributed by atoms with E-state index < -0.39 is 0 Å². The Labute approximate surface area is 129 Å². The SMILES string of the molecule is O=C(COc1cccc(F)c1)N[C@@H]1CCCc2ccccc21. The Hall–Kier alpha value is -2.36. The van der Waals surface area contributed by atoms with Gasteiger partial charge in [0.25, 0.3) is 5.91 Å². The van der Waals surface area contributed by atoms with Gasteiger partial charge < -0.3 is 10.1 Å². The molecule has 1 aliphatic carbocycles. The van der Waals surface area contributed by atoms with Crippen LogP contribution >= 0.6 is 0 Å². The topological polar surface area (TPSA) is 38.3 Å². The zero-order valence-corrected chi connectivity index (χ0v) is 12.2. The number of fused-ring (bicyclic) bond motifs is 1. The van der Waals surface area contributed by atoms with E-state index in [1.807, 2.05) is 12.1 Å². The molecule has 2 aromatic carbocycles. The molecule has 0 saturated carbocycles. The minimum atomic E-state index is -0.376. The highest BCUT2D eigenvalue weighted by molar-refractivity contribution is 5.78. The molecular formula is C18H18FNO2. The Balaban J connectivity index is 1.59. The number of benzene rings is 2. The van der Waals surface area contributed by atoms with Crippen LogP contribution in [0.1, 0.15) is 30.0 Å². The molecule has 1 N–H and O–H groups in total. The van der Waals surface area contributed by atoms with E-state index >= 15 is 0 Å². The largest absolute Gasteiger partial charge is 0.484 e. The zero-order valence-electron chi connectivity index (χ0n) is 12.2. The van der Waals surface area contributed by atoms with Crippen LogP contribution in [0, 0.1) is 5.82 Å². The van der Waals surface area contributed by atoms with Gasteiger partial charge in [-0.15, -0.1) is 0 Å². The molecule has 1 aliphatic rings. The number of aryl methyl sites for hydroxylation is 1. The van der Waals surface area contributed by atoms with Crippen molar-refractivity contribution < 1.29 is 13.9 Å². The Morgan fingerprint density at radius 3 is 2.95 bits per heavy atom. The summed E-state index contributed by atoms with van der Waals surface area (Å²) in [6.45, 7) is -0.109. The maximum absolute atomic E-state index is 13.0. The van der Waals surface area contributed by atoms with Gasteiger partial charge in [0, 0.05) is 6.07 Å². The summed E-state index contributed by atoms with van der Waals surface area (Å²) in [6.07, 6.45) is 3.05. The summed E-state index contributed by atoms with van der Waals surface area (Å²) < 4.78 is 18.4. The monoisotopic (exact) mass is 299 g/mol. The first-order valence-corrected chi connectivity index (χ1v) is 7.48. The van der Waals surface area contributed by atoms with Crippen LogP contribution in [0.2, 0.25) is 0 Å². The summed E-state index contributed by atoms with van der Waals surface area (Å²) in [4.78, 5) is 12.0. The van der Waals surface area contributed by atoms with E-state index in [0.717, 1.165) is 19.3 Å². The van der Waals surface area contributed by atoms with Crippen LogP contribution in [0.5, 0.6) is 5.75 Å². The predicted octanol–water partition coefficient (Wildman–Crippen LogP) is 3.40. The highest BCUT2D eigenvalue weighted by atomic mass is 19.1. The van der Waals surface area contributed by atoms with E-state index in [1.54, 1.807) is 12.1 Å². The van der Waals surface area contributed by atoms with Gasteiger partial charge in [-0.05, 0) is 42.5 Å². The molecule has 4 heteroatoms. The van der Waals surface area contributed by atoms with Gasteiger partial charge in [0.2, 0.25) is 0 Å². The van der Waals surface area contributed by atoms with Gasteiger partial charge in [-0.3, -0.25) is 4.79 Å². The second kappa shape index (κ2) is 6.60. The lowest BCUT2D eigenvalue weighted by Gasteiger charge is -2.26. The first kappa shape index (κ1) is 14.6. The molecule has 0 fully saturated rings. The van der Waals surface area contributed by atoms with Gasteiger partial charge >= 0.3 is 0 Å². The van der Waals surface area contributed by atoms with Crippen LogP contribution in [-0.2, 0) is 11.2 Å². The number of hydrogen-bond donors (Lipinski definition) is 1. The van der Waals surface area contributed by atoms with Crippen molar-refractivity contribution in [2.24, 2.45) is 0 Å². The van der Waals surface area contributed by atoms with Gasteiger partial charge in [0.05, 0.1) is 6.04 Å². The Morgan fingerprint density at radius 2 is 2.09 bits per heavy atom. The van der Waals surface area contributed by atoms with Gasteiger partial charge in [-0.2, -0.15) is 0 Å². The molecule has 2 aromatic rings. The average Bonchev–Trinajstić information content (AvgIpc) is 2.53. The minimum absolute atomic E-state index is 0.0357. The van der Waals surface area contributed by atoms with E-state index in [4.69, 9.17) is 4.74 Å². The summed E-state index contributed by atoms with van der Waals surface area (Å²) in [6, 6.07) is 14.0. The average molecular weight is 299 g/mol. The molecule has 0 aliphatic heterocycles. The molecule has 3 nitrogen and oxygen atoms in total. The molecule has 0 heterocycles. The van der Waals surface area contributed by atoms with Crippen LogP contribution in [0.25, 0.3) is 0 Å². The number of carbonyl (C=O) groups excluding carboxylic acids is 1. The van der Waals surface area contributed by atoms with Crippen molar-refractivity contribution in [2.45, 2.75) is 25.3 Å². The number of halogens is 1. The molecular weight excluding hydrogens is 281 g/mol. The highest BCUT2D eigenvalue weighted by Gasteiger charge is 2.21. The molecule has 0 saturated heterocycles. The van der Waals surface area contributed by atoms with E-state index in [1.165, 1.54) is 23.3 Å². The van der Waals surface area contributed by atoms with E-state index in [2.05, 4.69) is 17.4 Å². The Morgan fingerprint density at radius 1 is 1.23 bits per heavy atom. The number of carbonyl (C=O) groups is 1. The number of hydrogen-bond acceptors (Lipinski definition) is 2. The van der Waals surface area contributed by atoms with Crippen molar-refractivity contribution in [1.29, 1.82) is 0 Å². The van der Waals surface area contributed by atoms with Crippen molar-refractivity contribution in [2.75, 3.05) is 6.61 Å². The third-order valence-electron chi connectivity index (χ3n) is 3.87.